The average molecular weight is 376 g/mol. The van der Waals surface area contributed by atoms with E-state index in [9.17, 15) is 26.7 Å². The van der Waals surface area contributed by atoms with Crippen LogP contribution >= 0.6 is 0 Å². The molecule has 0 radical (unpaired) electrons. The second-order valence-electron chi connectivity index (χ2n) is 5.08. The summed E-state index contributed by atoms with van der Waals surface area (Å²) in [6.45, 7) is -0.00491. The van der Waals surface area contributed by atoms with Gasteiger partial charge in [0.2, 0.25) is 10.0 Å². The minimum absolute atomic E-state index is 0.00491. The SMILES string of the molecule is COc1cccc(CNc2ccc(S(N)(=O)=O)c(C(F)(F)F)c2)c1O. The number of benzene rings is 2. The normalized spacial score (nSPS) is 12.0. The molecule has 2 aromatic carbocycles. The van der Waals surface area contributed by atoms with Gasteiger partial charge in [0.05, 0.1) is 17.6 Å². The van der Waals surface area contributed by atoms with Crippen molar-refractivity contribution in [1.82, 2.24) is 0 Å². The minimum Gasteiger partial charge on any atom is -0.504 e. The standard InChI is InChI=1S/C15H15F3N2O4S/c1-24-12-4-2-3-9(14(12)21)8-20-10-5-6-13(25(19,22)23)11(7-10)15(16,17)18/h2-7,20-21H,8H2,1H3,(H2,19,22,23). The first-order valence-corrected chi connectivity index (χ1v) is 8.41. The summed E-state index contributed by atoms with van der Waals surface area (Å²) in [5, 5.41) is 17.5. The summed E-state index contributed by atoms with van der Waals surface area (Å²) in [6, 6.07) is 7.30. The Kier molecular flexibility index (Phi) is 5.14. The molecule has 2 rings (SSSR count). The predicted octanol–water partition coefficient (Wildman–Crippen LogP) is 2.68. The van der Waals surface area contributed by atoms with Crippen molar-refractivity contribution in [2.24, 2.45) is 5.14 Å². The maximum atomic E-state index is 13.1. The Labute approximate surface area is 142 Å². The molecule has 10 heteroatoms. The fraction of sp³-hybridized carbons (Fsp3) is 0.200. The summed E-state index contributed by atoms with van der Waals surface area (Å²) in [7, 11) is -3.15. The first-order valence-electron chi connectivity index (χ1n) is 6.87. The molecular formula is C15H15F3N2O4S. The van der Waals surface area contributed by atoms with Crippen LogP contribution in [0.2, 0.25) is 0 Å². The second-order valence-corrected chi connectivity index (χ2v) is 6.61. The van der Waals surface area contributed by atoms with E-state index in [1.165, 1.54) is 13.2 Å². The summed E-state index contributed by atoms with van der Waals surface area (Å²) in [6.07, 6.45) is -4.89. The number of hydrogen-bond donors (Lipinski definition) is 3. The van der Waals surface area contributed by atoms with E-state index in [0.717, 1.165) is 12.1 Å². The van der Waals surface area contributed by atoms with Crippen molar-refractivity contribution < 1.29 is 31.4 Å². The molecule has 136 valence electrons. The number of sulfonamides is 1. The molecule has 0 fully saturated rings. The monoisotopic (exact) mass is 376 g/mol. The van der Waals surface area contributed by atoms with Gasteiger partial charge < -0.3 is 15.2 Å². The number of nitrogens with two attached hydrogens (primary N) is 1. The number of phenolic OH excluding ortho intramolecular Hbond substituents is 1. The summed E-state index contributed by atoms with van der Waals surface area (Å²) in [5.41, 5.74) is -0.958. The third kappa shape index (κ3) is 4.34. The van der Waals surface area contributed by atoms with Gasteiger partial charge in [-0.2, -0.15) is 13.2 Å². The van der Waals surface area contributed by atoms with Crippen LogP contribution in [0.3, 0.4) is 0 Å². The molecule has 0 saturated carbocycles. The molecule has 25 heavy (non-hydrogen) atoms. The molecule has 2 aromatic rings. The molecule has 0 heterocycles. The van der Waals surface area contributed by atoms with Crippen LogP contribution in [0.1, 0.15) is 11.1 Å². The van der Waals surface area contributed by atoms with Crippen molar-refractivity contribution >= 4 is 15.7 Å². The number of halogens is 3. The lowest BCUT2D eigenvalue weighted by atomic mass is 10.1. The average Bonchev–Trinajstić information content (AvgIpc) is 2.52. The number of para-hydroxylation sites is 1. The zero-order valence-corrected chi connectivity index (χ0v) is 13.8. The van der Waals surface area contributed by atoms with Gasteiger partial charge in [-0.25, -0.2) is 13.6 Å². The van der Waals surface area contributed by atoms with Gasteiger partial charge in [0.15, 0.2) is 11.5 Å². The molecule has 0 saturated heterocycles. The Hall–Kier alpha value is -2.46. The highest BCUT2D eigenvalue weighted by Gasteiger charge is 2.36. The molecule has 0 aliphatic heterocycles. The molecule has 0 aliphatic rings. The Morgan fingerprint density at radius 1 is 1.24 bits per heavy atom. The van der Waals surface area contributed by atoms with Crippen LogP contribution in [0.25, 0.3) is 0 Å². The lowest BCUT2D eigenvalue weighted by Gasteiger charge is -2.15. The zero-order valence-electron chi connectivity index (χ0n) is 13.0. The smallest absolute Gasteiger partial charge is 0.417 e. The fourth-order valence-electron chi connectivity index (χ4n) is 2.18. The first kappa shape index (κ1) is 18.9. The van der Waals surface area contributed by atoms with Crippen molar-refractivity contribution in [2.45, 2.75) is 17.6 Å². The molecule has 4 N–H and O–H groups in total. The summed E-state index contributed by atoms with van der Waals surface area (Å²) >= 11 is 0. The van der Waals surface area contributed by atoms with E-state index in [-0.39, 0.29) is 23.7 Å². The number of rotatable bonds is 5. The van der Waals surface area contributed by atoms with Gasteiger partial charge in [0.1, 0.15) is 0 Å². The summed E-state index contributed by atoms with van der Waals surface area (Å²) < 4.78 is 66.8. The third-order valence-electron chi connectivity index (χ3n) is 3.38. The zero-order chi connectivity index (χ0) is 18.8. The van der Waals surface area contributed by atoms with Crippen LogP contribution in [0.4, 0.5) is 18.9 Å². The van der Waals surface area contributed by atoms with Crippen LogP contribution in [0.5, 0.6) is 11.5 Å². The van der Waals surface area contributed by atoms with Gasteiger partial charge >= 0.3 is 6.18 Å². The van der Waals surface area contributed by atoms with Gasteiger partial charge in [-0.3, -0.25) is 0 Å². The van der Waals surface area contributed by atoms with Crippen molar-refractivity contribution in [1.29, 1.82) is 0 Å². The van der Waals surface area contributed by atoms with Gasteiger partial charge in [-0.1, -0.05) is 12.1 Å². The number of phenols is 1. The number of anilines is 1. The molecular weight excluding hydrogens is 361 g/mol. The van der Waals surface area contributed by atoms with Crippen LogP contribution in [-0.2, 0) is 22.7 Å². The molecule has 0 unspecified atom stereocenters. The Bertz CT molecular complexity index is 883. The molecule has 0 aliphatic carbocycles. The Balaban J connectivity index is 2.33. The molecule has 0 amide bonds. The first-order chi connectivity index (χ1) is 11.5. The van der Waals surface area contributed by atoms with E-state index in [1.54, 1.807) is 12.1 Å². The molecule has 0 spiro atoms. The van der Waals surface area contributed by atoms with E-state index < -0.39 is 26.7 Å². The number of alkyl halides is 3. The van der Waals surface area contributed by atoms with Gasteiger partial charge in [-0.15, -0.1) is 0 Å². The van der Waals surface area contributed by atoms with Crippen molar-refractivity contribution in [3.05, 3.63) is 47.5 Å². The minimum atomic E-state index is -4.89. The van der Waals surface area contributed by atoms with Crippen LogP contribution in [-0.4, -0.2) is 20.6 Å². The van der Waals surface area contributed by atoms with Crippen molar-refractivity contribution in [3.63, 3.8) is 0 Å². The van der Waals surface area contributed by atoms with Crippen LogP contribution in [0, 0.1) is 0 Å². The lowest BCUT2D eigenvalue weighted by Crippen LogP contribution is -2.19. The van der Waals surface area contributed by atoms with E-state index >= 15 is 0 Å². The highest BCUT2D eigenvalue weighted by molar-refractivity contribution is 7.89. The van der Waals surface area contributed by atoms with Crippen molar-refractivity contribution in [2.75, 3.05) is 12.4 Å². The Morgan fingerprint density at radius 2 is 1.92 bits per heavy atom. The maximum Gasteiger partial charge on any atom is 0.417 e. The number of primary sulfonamides is 1. The topological polar surface area (TPSA) is 102 Å². The number of aromatic hydroxyl groups is 1. The van der Waals surface area contributed by atoms with Gasteiger partial charge in [-0.05, 0) is 24.3 Å². The highest BCUT2D eigenvalue weighted by Crippen LogP contribution is 2.36. The largest absolute Gasteiger partial charge is 0.504 e. The molecule has 0 aromatic heterocycles. The quantitative estimate of drug-likeness (QED) is 0.745. The second kappa shape index (κ2) is 6.81. The predicted molar refractivity (Wildman–Crippen MR) is 84.8 cm³/mol. The van der Waals surface area contributed by atoms with Gasteiger partial charge in [0.25, 0.3) is 0 Å². The lowest BCUT2D eigenvalue weighted by molar-refractivity contribution is -0.139. The van der Waals surface area contributed by atoms with E-state index in [2.05, 4.69) is 5.32 Å². The van der Waals surface area contributed by atoms with Crippen molar-refractivity contribution in [3.8, 4) is 11.5 Å². The number of methoxy groups -OCH3 is 1. The third-order valence-corrected chi connectivity index (χ3v) is 4.35. The fourth-order valence-corrected chi connectivity index (χ4v) is 2.92. The summed E-state index contributed by atoms with van der Waals surface area (Å²) in [4.78, 5) is -1.00. The summed E-state index contributed by atoms with van der Waals surface area (Å²) in [5.74, 6) is 0.0783. The maximum absolute atomic E-state index is 13.1. The van der Waals surface area contributed by atoms with Crippen LogP contribution < -0.4 is 15.2 Å². The highest BCUT2D eigenvalue weighted by atomic mass is 32.2. The molecule has 0 bridgehead atoms. The number of nitrogens with one attached hydrogen (secondary N) is 1. The molecule has 6 nitrogen and oxygen atoms in total. The van der Waals surface area contributed by atoms with Crippen LogP contribution in [0.15, 0.2) is 41.3 Å². The number of ether oxygens (including phenoxy) is 1. The van der Waals surface area contributed by atoms with E-state index in [4.69, 9.17) is 9.88 Å². The molecule has 0 atom stereocenters. The van der Waals surface area contributed by atoms with E-state index in [0.29, 0.717) is 11.6 Å². The number of hydrogen-bond acceptors (Lipinski definition) is 5. The Morgan fingerprint density at radius 3 is 2.48 bits per heavy atom. The van der Waals surface area contributed by atoms with E-state index in [1.807, 2.05) is 0 Å². The van der Waals surface area contributed by atoms with Gasteiger partial charge in [0, 0.05) is 17.8 Å².